The molecular weight excluding hydrogens is 353 g/mol. The molecule has 9 heteroatoms. The first-order valence-corrected chi connectivity index (χ1v) is 7.73. The molecule has 0 radical (unpaired) electrons. The molecule has 0 bridgehead atoms. The lowest BCUT2D eigenvalue weighted by atomic mass is 10.1. The van der Waals surface area contributed by atoms with Crippen molar-refractivity contribution in [3.05, 3.63) is 18.5 Å². The van der Waals surface area contributed by atoms with Crippen molar-refractivity contribution in [2.24, 2.45) is 5.73 Å². The molecule has 7 nitrogen and oxygen atoms in total. The van der Waals surface area contributed by atoms with E-state index in [1.165, 1.54) is 4.90 Å². The van der Waals surface area contributed by atoms with Gasteiger partial charge in [-0.1, -0.05) is 19.8 Å². The van der Waals surface area contributed by atoms with Crippen molar-refractivity contribution >= 4 is 36.6 Å². The van der Waals surface area contributed by atoms with Crippen LogP contribution in [-0.4, -0.2) is 52.7 Å². The molecule has 2 unspecified atom stereocenters. The quantitative estimate of drug-likeness (QED) is 0.675. The van der Waals surface area contributed by atoms with Crippen molar-refractivity contribution in [2.75, 3.05) is 20.1 Å². The second-order valence-corrected chi connectivity index (χ2v) is 5.50. The van der Waals surface area contributed by atoms with Gasteiger partial charge in [0.15, 0.2) is 0 Å². The minimum absolute atomic E-state index is 0. The number of unbranched alkanes of at least 4 members (excludes halogenated alkanes) is 1. The average molecular weight is 382 g/mol. The van der Waals surface area contributed by atoms with Gasteiger partial charge in [-0.3, -0.25) is 14.3 Å². The van der Waals surface area contributed by atoms with Gasteiger partial charge < -0.3 is 16.0 Å². The van der Waals surface area contributed by atoms with Gasteiger partial charge in [0.2, 0.25) is 11.8 Å². The van der Waals surface area contributed by atoms with Crippen LogP contribution in [0.3, 0.4) is 0 Å². The lowest BCUT2D eigenvalue weighted by Crippen LogP contribution is -2.46. The van der Waals surface area contributed by atoms with E-state index in [9.17, 15) is 9.59 Å². The summed E-state index contributed by atoms with van der Waals surface area (Å²) >= 11 is 0. The fourth-order valence-corrected chi connectivity index (χ4v) is 2.21. The highest BCUT2D eigenvalue weighted by Crippen LogP contribution is 2.07. The van der Waals surface area contributed by atoms with Crippen LogP contribution in [0.5, 0.6) is 0 Å². The van der Waals surface area contributed by atoms with Gasteiger partial charge in [-0.15, -0.1) is 24.8 Å². The SMILES string of the molecule is CCCCC(CN)NC(=O)CN(C)C(=O)C(C)n1cccn1.Cl.Cl. The molecule has 0 spiro atoms. The van der Waals surface area contributed by atoms with Crippen LogP contribution in [0.4, 0.5) is 0 Å². The van der Waals surface area contributed by atoms with Crippen molar-refractivity contribution < 1.29 is 9.59 Å². The summed E-state index contributed by atoms with van der Waals surface area (Å²) < 4.78 is 1.57. The van der Waals surface area contributed by atoms with Crippen LogP contribution in [0.15, 0.2) is 18.5 Å². The normalized spacial score (nSPS) is 12.3. The standard InChI is InChI=1S/C15H27N5O2.2ClH/c1-4-5-7-13(10-16)18-14(21)11-19(3)15(22)12(2)20-9-6-8-17-20;;/h6,8-9,12-13H,4-5,7,10-11,16H2,1-3H3,(H,18,21);2*1H. The van der Waals surface area contributed by atoms with Gasteiger partial charge >= 0.3 is 0 Å². The van der Waals surface area contributed by atoms with Crippen LogP contribution in [0.1, 0.15) is 39.2 Å². The first-order valence-electron chi connectivity index (χ1n) is 7.73. The summed E-state index contributed by atoms with van der Waals surface area (Å²) in [5.41, 5.74) is 5.66. The zero-order valence-corrected chi connectivity index (χ0v) is 16.1. The number of hydrogen-bond donors (Lipinski definition) is 2. The Morgan fingerprint density at radius 3 is 2.54 bits per heavy atom. The summed E-state index contributed by atoms with van der Waals surface area (Å²) in [7, 11) is 1.62. The van der Waals surface area contributed by atoms with E-state index in [2.05, 4.69) is 17.3 Å². The van der Waals surface area contributed by atoms with E-state index in [0.29, 0.717) is 6.54 Å². The fourth-order valence-electron chi connectivity index (χ4n) is 2.21. The monoisotopic (exact) mass is 381 g/mol. The predicted octanol–water partition coefficient (Wildman–Crippen LogP) is 1.38. The molecule has 0 saturated heterocycles. The minimum Gasteiger partial charge on any atom is -0.351 e. The second kappa shape index (κ2) is 13.0. The van der Waals surface area contributed by atoms with Gasteiger partial charge in [-0.25, -0.2) is 0 Å². The zero-order valence-electron chi connectivity index (χ0n) is 14.5. The Hall–Kier alpha value is -1.31. The molecule has 2 amide bonds. The number of carbonyl (C=O) groups is 2. The van der Waals surface area contributed by atoms with Crippen LogP contribution in [0.25, 0.3) is 0 Å². The number of nitrogens with zero attached hydrogens (tertiary/aromatic N) is 3. The molecule has 2 atom stereocenters. The van der Waals surface area contributed by atoms with Crippen molar-refractivity contribution in [2.45, 2.75) is 45.2 Å². The van der Waals surface area contributed by atoms with Gasteiger partial charge in [0.1, 0.15) is 6.04 Å². The predicted molar refractivity (Wildman–Crippen MR) is 99.6 cm³/mol. The second-order valence-electron chi connectivity index (χ2n) is 5.50. The highest BCUT2D eigenvalue weighted by atomic mass is 35.5. The van der Waals surface area contributed by atoms with E-state index >= 15 is 0 Å². The Bertz CT molecular complexity index is 470. The molecule has 1 rings (SSSR count). The Morgan fingerprint density at radius 1 is 1.38 bits per heavy atom. The lowest BCUT2D eigenvalue weighted by Gasteiger charge is -2.23. The molecule has 0 fully saturated rings. The molecule has 0 saturated carbocycles. The molecule has 140 valence electrons. The molecule has 0 aliphatic carbocycles. The van der Waals surface area contributed by atoms with Crippen molar-refractivity contribution in [3.8, 4) is 0 Å². The van der Waals surface area contributed by atoms with E-state index in [1.807, 2.05) is 0 Å². The Kier molecular flexibility index (Phi) is 13.5. The van der Waals surface area contributed by atoms with Crippen LogP contribution < -0.4 is 11.1 Å². The number of nitrogens with two attached hydrogens (primary N) is 1. The summed E-state index contributed by atoms with van der Waals surface area (Å²) in [6.07, 6.45) is 6.29. The summed E-state index contributed by atoms with van der Waals surface area (Å²) in [6.45, 7) is 4.28. The topological polar surface area (TPSA) is 93.3 Å². The number of hydrogen-bond acceptors (Lipinski definition) is 4. The van der Waals surface area contributed by atoms with E-state index in [4.69, 9.17) is 5.73 Å². The molecule has 0 aromatic carbocycles. The molecule has 0 aliphatic rings. The number of rotatable bonds is 9. The van der Waals surface area contributed by atoms with Gasteiger partial charge in [-0.05, 0) is 19.4 Å². The molecule has 0 aliphatic heterocycles. The van der Waals surface area contributed by atoms with Gasteiger partial charge in [0.25, 0.3) is 0 Å². The first kappa shape index (κ1) is 24.9. The number of amides is 2. The number of aromatic nitrogens is 2. The maximum Gasteiger partial charge on any atom is 0.247 e. The number of carbonyl (C=O) groups excluding carboxylic acids is 2. The molecule has 1 aromatic heterocycles. The number of halogens is 2. The van der Waals surface area contributed by atoms with E-state index in [1.54, 1.807) is 37.1 Å². The Balaban J connectivity index is 0. The van der Waals surface area contributed by atoms with Gasteiger partial charge in [0, 0.05) is 32.0 Å². The van der Waals surface area contributed by atoms with Crippen molar-refractivity contribution in [3.63, 3.8) is 0 Å². The van der Waals surface area contributed by atoms with Crippen LogP contribution in [0, 0.1) is 0 Å². The number of nitrogens with one attached hydrogen (secondary N) is 1. The largest absolute Gasteiger partial charge is 0.351 e. The summed E-state index contributed by atoms with van der Waals surface area (Å²) in [5, 5.41) is 6.93. The molecule has 1 aromatic rings. The summed E-state index contributed by atoms with van der Waals surface area (Å²) in [6, 6.07) is 1.30. The Labute approximate surface area is 156 Å². The van der Waals surface area contributed by atoms with Crippen LogP contribution >= 0.6 is 24.8 Å². The summed E-state index contributed by atoms with van der Waals surface area (Å²) in [5.74, 6) is -0.341. The fraction of sp³-hybridized carbons (Fsp3) is 0.667. The molecule has 24 heavy (non-hydrogen) atoms. The highest BCUT2D eigenvalue weighted by molar-refractivity contribution is 5.86. The third-order valence-electron chi connectivity index (χ3n) is 3.59. The van der Waals surface area contributed by atoms with Gasteiger partial charge in [-0.2, -0.15) is 5.10 Å². The van der Waals surface area contributed by atoms with Gasteiger partial charge in [0.05, 0.1) is 6.54 Å². The summed E-state index contributed by atoms with van der Waals surface area (Å²) in [4.78, 5) is 25.7. The van der Waals surface area contributed by atoms with E-state index in [0.717, 1.165) is 19.3 Å². The maximum atomic E-state index is 12.3. The van der Waals surface area contributed by atoms with Crippen LogP contribution in [0.2, 0.25) is 0 Å². The molecular formula is C15H29Cl2N5O2. The molecule has 1 heterocycles. The zero-order chi connectivity index (χ0) is 16.5. The van der Waals surface area contributed by atoms with Crippen molar-refractivity contribution in [1.82, 2.24) is 20.0 Å². The van der Waals surface area contributed by atoms with E-state index < -0.39 is 6.04 Å². The smallest absolute Gasteiger partial charge is 0.247 e. The van der Waals surface area contributed by atoms with Crippen LogP contribution in [-0.2, 0) is 9.59 Å². The lowest BCUT2D eigenvalue weighted by molar-refractivity contribution is -0.137. The van der Waals surface area contributed by atoms with E-state index in [-0.39, 0.29) is 49.2 Å². The Morgan fingerprint density at radius 2 is 2.04 bits per heavy atom. The number of likely N-dealkylation sites (N-methyl/N-ethyl adjacent to an activating group) is 1. The average Bonchev–Trinajstić information content (AvgIpc) is 3.03. The first-order chi connectivity index (χ1) is 10.5. The third-order valence-corrected chi connectivity index (χ3v) is 3.59. The third kappa shape index (κ3) is 7.99. The maximum absolute atomic E-state index is 12.3. The highest BCUT2D eigenvalue weighted by Gasteiger charge is 2.21. The minimum atomic E-state index is -0.432. The molecule has 3 N–H and O–H groups in total. The van der Waals surface area contributed by atoms with Crippen molar-refractivity contribution in [1.29, 1.82) is 0 Å².